The van der Waals surface area contributed by atoms with Crippen LogP contribution in [0.2, 0.25) is 0 Å². The quantitative estimate of drug-likeness (QED) is 0.454. The van der Waals surface area contributed by atoms with Crippen LogP contribution in [0.25, 0.3) is 32.5 Å². The van der Waals surface area contributed by atoms with Crippen LogP contribution in [0.5, 0.6) is 0 Å². The van der Waals surface area contributed by atoms with E-state index in [0.717, 1.165) is 21.5 Å². The molecule has 0 spiro atoms. The molecule has 31 heavy (non-hydrogen) atoms. The van der Waals surface area contributed by atoms with Crippen molar-refractivity contribution >= 4 is 27.4 Å². The Morgan fingerprint density at radius 3 is 2.35 bits per heavy atom. The van der Waals surface area contributed by atoms with Crippen molar-refractivity contribution in [3.05, 3.63) is 70.3 Å². The molecule has 0 aliphatic rings. The van der Waals surface area contributed by atoms with Crippen molar-refractivity contribution in [2.24, 2.45) is 7.05 Å². The lowest BCUT2D eigenvalue weighted by Gasteiger charge is -2.06. The molecule has 0 radical (unpaired) electrons. The van der Waals surface area contributed by atoms with Gasteiger partial charge in [-0.25, -0.2) is 13.9 Å². The molecule has 160 valence electrons. The van der Waals surface area contributed by atoms with Crippen molar-refractivity contribution in [1.29, 1.82) is 0 Å². The van der Waals surface area contributed by atoms with E-state index in [1.165, 1.54) is 28.2 Å². The van der Waals surface area contributed by atoms with Gasteiger partial charge in [-0.2, -0.15) is 18.3 Å². The van der Waals surface area contributed by atoms with Crippen molar-refractivity contribution < 1.29 is 27.5 Å². The number of nitrogens with zero attached hydrogens (tertiary/aromatic N) is 3. The van der Waals surface area contributed by atoms with E-state index in [1.807, 2.05) is 17.5 Å². The van der Waals surface area contributed by atoms with E-state index in [1.54, 1.807) is 31.6 Å². The van der Waals surface area contributed by atoms with Crippen molar-refractivity contribution in [1.82, 2.24) is 14.8 Å². The van der Waals surface area contributed by atoms with Crippen molar-refractivity contribution in [2.45, 2.75) is 6.18 Å². The van der Waals surface area contributed by atoms with Gasteiger partial charge in [-0.05, 0) is 29.8 Å². The summed E-state index contributed by atoms with van der Waals surface area (Å²) < 4.78 is 47.4. The molecule has 0 unspecified atom stereocenters. The zero-order valence-electron chi connectivity index (χ0n) is 15.7. The third-order valence-corrected chi connectivity index (χ3v) is 5.08. The number of hydrogen-bond acceptors (Lipinski definition) is 5. The van der Waals surface area contributed by atoms with Gasteiger partial charge in [0.2, 0.25) is 0 Å². The molecule has 11 heteroatoms. The van der Waals surface area contributed by atoms with Crippen LogP contribution >= 0.6 is 11.3 Å². The molecule has 0 aliphatic carbocycles. The number of alkyl halides is 3. The highest BCUT2D eigenvalue weighted by molar-refractivity contribution is 7.18. The minimum Gasteiger partial charge on any atom is -0.475 e. The Balaban J connectivity index is 0.000000339. The van der Waals surface area contributed by atoms with Crippen LogP contribution in [-0.4, -0.2) is 32.0 Å². The van der Waals surface area contributed by atoms with E-state index in [9.17, 15) is 22.4 Å². The number of benzene rings is 1. The summed E-state index contributed by atoms with van der Waals surface area (Å²) in [7, 11) is 1.62. The first kappa shape index (κ1) is 22.1. The molecule has 3 heterocycles. The smallest absolute Gasteiger partial charge is 0.475 e. The molecule has 0 saturated heterocycles. The maximum absolute atomic E-state index is 13.6. The molecule has 0 fully saturated rings. The molecule has 4 rings (SSSR count). The van der Waals surface area contributed by atoms with Crippen LogP contribution in [0.15, 0.2) is 59.0 Å². The second-order valence-corrected chi connectivity index (χ2v) is 7.06. The molecule has 4 aromatic rings. The normalized spacial score (nSPS) is 11.1. The Bertz CT molecular complexity index is 1300. The van der Waals surface area contributed by atoms with E-state index in [0.29, 0.717) is 10.9 Å². The van der Waals surface area contributed by atoms with Gasteiger partial charge >= 0.3 is 12.1 Å². The predicted molar refractivity (Wildman–Crippen MR) is 107 cm³/mol. The van der Waals surface area contributed by atoms with E-state index in [2.05, 4.69) is 10.1 Å². The number of aliphatic carboxylic acids is 1. The second kappa shape index (κ2) is 8.64. The number of rotatable bonds is 2. The van der Waals surface area contributed by atoms with Crippen molar-refractivity contribution in [3.63, 3.8) is 0 Å². The Labute approximate surface area is 176 Å². The average molecular weight is 451 g/mol. The van der Waals surface area contributed by atoms with E-state index >= 15 is 0 Å². The first-order chi connectivity index (χ1) is 14.6. The highest BCUT2D eigenvalue weighted by Gasteiger charge is 2.38. The fraction of sp³-hybridized carbons (Fsp3) is 0.100. The summed E-state index contributed by atoms with van der Waals surface area (Å²) in [5.41, 5.74) is 2.83. The number of carbonyl (C=O) groups is 1. The molecular formula is C20H13F4N3O3S. The zero-order valence-corrected chi connectivity index (χ0v) is 16.5. The van der Waals surface area contributed by atoms with E-state index in [-0.39, 0.29) is 11.4 Å². The number of thiophene rings is 1. The highest BCUT2D eigenvalue weighted by Crippen LogP contribution is 2.36. The third-order valence-electron chi connectivity index (χ3n) is 4.10. The van der Waals surface area contributed by atoms with Gasteiger partial charge in [0.1, 0.15) is 11.5 Å². The molecular weight excluding hydrogens is 438 g/mol. The first-order valence-corrected chi connectivity index (χ1v) is 9.42. The van der Waals surface area contributed by atoms with Gasteiger partial charge in [-0.3, -0.25) is 9.78 Å². The molecule has 0 bridgehead atoms. The Morgan fingerprint density at radius 2 is 1.77 bits per heavy atom. The fourth-order valence-corrected chi connectivity index (χ4v) is 3.79. The Kier molecular flexibility index (Phi) is 6.16. The number of halogens is 4. The van der Waals surface area contributed by atoms with Gasteiger partial charge in [0, 0.05) is 35.9 Å². The molecule has 0 amide bonds. The summed E-state index contributed by atoms with van der Waals surface area (Å²) in [4.78, 5) is 25.6. The average Bonchev–Trinajstić information content (AvgIpc) is 3.16. The zero-order chi connectivity index (χ0) is 22.8. The van der Waals surface area contributed by atoms with Crippen LogP contribution in [0, 0.1) is 5.82 Å². The van der Waals surface area contributed by atoms with Crippen LogP contribution in [0.4, 0.5) is 17.6 Å². The summed E-state index contributed by atoms with van der Waals surface area (Å²) in [5.74, 6) is -3.08. The number of fused-ring (bicyclic) bond motifs is 1. The van der Waals surface area contributed by atoms with Gasteiger partial charge in [0.15, 0.2) is 0 Å². The number of pyridine rings is 1. The maximum atomic E-state index is 13.6. The number of aromatic nitrogens is 3. The molecule has 6 nitrogen and oxygen atoms in total. The lowest BCUT2D eigenvalue weighted by atomic mass is 10.0. The lowest BCUT2D eigenvalue weighted by molar-refractivity contribution is -0.192. The molecule has 1 N–H and O–H groups in total. The van der Waals surface area contributed by atoms with Gasteiger partial charge in [0.25, 0.3) is 5.56 Å². The van der Waals surface area contributed by atoms with Crippen molar-refractivity contribution in [2.75, 3.05) is 0 Å². The predicted octanol–water partition coefficient (Wildman–Crippen LogP) is 4.50. The summed E-state index contributed by atoms with van der Waals surface area (Å²) in [6.07, 6.45) is -1.70. The monoisotopic (exact) mass is 451 g/mol. The Hall–Kier alpha value is -3.60. The third kappa shape index (κ3) is 4.77. The summed E-state index contributed by atoms with van der Waals surface area (Å²) in [6.45, 7) is 0. The summed E-state index contributed by atoms with van der Waals surface area (Å²) in [5, 5.41) is 14.0. The summed E-state index contributed by atoms with van der Waals surface area (Å²) in [6, 6.07) is 9.98. The maximum Gasteiger partial charge on any atom is 0.490 e. The second-order valence-electron chi connectivity index (χ2n) is 6.18. The minimum atomic E-state index is -5.08. The molecule has 0 aliphatic heterocycles. The standard InChI is InChI=1S/C18H12FN3OS.C2HF3O2/c1-22-18(23)15-14(12-3-2-4-13(19)9-12)10-24-17(15)16(21-22)11-5-7-20-8-6-11;3-2(4,5)1(6)7/h2-10H,1H3;(H,6,7). The van der Waals surface area contributed by atoms with Gasteiger partial charge < -0.3 is 5.11 Å². The first-order valence-electron chi connectivity index (χ1n) is 8.54. The topological polar surface area (TPSA) is 85.1 Å². The molecule has 0 saturated carbocycles. The van der Waals surface area contributed by atoms with Crippen LogP contribution in [0.1, 0.15) is 0 Å². The van der Waals surface area contributed by atoms with Crippen LogP contribution < -0.4 is 5.56 Å². The number of hydrogen-bond donors (Lipinski definition) is 1. The molecule has 0 atom stereocenters. The van der Waals surface area contributed by atoms with E-state index < -0.39 is 12.1 Å². The van der Waals surface area contributed by atoms with Gasteiger partial charge in [-0.1, -0.05) is 12.1 Å². The van der Waals surface area contributed by atoms with Gasteiger partial charge in [0.05, 0.1) is 10.1 Å². The van der Waals surface area contributed by atoms with Gasteiger partial charge in [-0.15, -0.1) is 11.3 Å². The van der Waals surface area contributed by atoms with Crippen molar-refractivity contribution in [3.8, 4) is 22.4 Å². The number of aryl methyl sites for hydroxylation is 1. The molecule has 1 aromatic carbocycles. The lowest BCUT2D eigenvalue weighted by Crippen LogP contribution is -2.21. The molecule has 3 aromatic heterocycles. The SMILES string of the molecule is Cn1nc(-c2ccncc2)c2scc(-c3cccc(F)c3)c2c1=O.O=C(O)C(F)(F)F. The minimum absolute atomic E-state index is 0.191. The van der Waals surface area contributed by atoms with Crippen LogP contribution in [0.3, 0.4) is 0 Å². The Morgan fingerprint density at radius 1 is 1.13 bits per heavy atom. The number of carboxylic acid groups (broad SMARTS) is 1. The fourth-order valence-electron chi connectivity index (χ4n) is 2.71. The van der Waals surface area contributed by atoms with E-state index in [4.69, 9.17) is 9.90 Å². The number of carboxylic acids is 1. The van der Waals surface area contributed by atoms with Crippen LogP contribution in [-0.2, 0) is 11.8 Å². The largest absolute Gasteiger partial charge is 0.490 e. The summed E-state index contributed by atoms with van der Waals surface area (Å²) >= 11 is 1.44. The highest BCUT2D eigenvalue weighted by atomic mass is 32.1.